The highest BCUT2D eigenvalue weighted by Gasteiger charge is 2.29. The number of ether oxygens (including phenoxy) is 1. The van der Waals surface area contributed by atoms with Gasteiger partial charge in [-0.15, -0.1) is 0 Å². The average molecular weight is 303 g/mol. The molecule has 1 fully saturated rings. The molecule has 0 bridgehead atoms. The smallest absolute Gasteiger partial charge is 0.334 e. The van der Waals surface area contributed by atoms with E-state index in [9.17, 15) is 14.0 Å². The molecule has 1 atom stereocenters. The van der Waals surface area contributed by atoms with Gasteiger partial charge in [0.2, 0.25) is 0 Å². The maximum Gasteiger partial charge on any atom is 0.334 e. The maximum atomic E-state index is 13.0. The van der Waals surface area contributed by atoms with Crippen LogP contribution >= 0.6 is 11.6 Å². The van der Waals surface area contributed by atoms with Crippen LogP contribution in [-0.4, -0.2) is 47.8 Å². The molecule has 0 radical (unpaired) electrons. The first kappa shape index (κ1) is 14.5. The number of hydrogen-bond acceptors (Lipinski definition) is 3. The second kappa shape index (κ2) is 6.06. The van der Waals surface area contributed by atoms with Crippen LogP contribution in [0.25, 0.3) is 0 Å². The van der Waals surface area contributed by atoms with Crippen molar-refractivity contribution in [2.24, 2.45) is 0 Å². The molecule has 0 aromatic heterocycles. The Labute approximate surface area is 119 Å². The van der Waals surface area contributed by atoms with E-state index in [0.717, 1.165) is 6.07 Å². The first-order valence-corrected chi connectivity index (χ1v) is 6.20. The summed E-state index contributed by atoms with van der Waals surface area (Å²) in [5, 5.41) is 11.3. The highest BCUT2D eigenvalue weighted by Crippen LogP contribution is 2.20. The third-order valence-corrected chi connectivity index (χ3v) is 3.09. The quantitative estimate of drug-likeness (QED) is 0.873. The third kappa shape index (κ3) is 3.37. The van der Waals surface area contributed by atoms with E-state index < -0.39 is 23.9 Å². The van der Waals surface area contributed by atoms with Crippen molar-refractivity contribution in [3.63, 3.8) is 0 Å². The van der Waals surface area contributed by atoms with Crippen LogP contribution in [-0.2, 0) is 9.53 Å². The summed E-state index contributed by atoms with van der Waals surface area (Å²) in [7, 11) is 0. The standard InChI is InChI=1S/C12H12ClFN2O4/c13-8-5-7(1-2-9(8)14)15-12(19)16-3-4-20-10(6-16)11(17)18/h1-2,5,10H,3-4,6H2,(H,15,19)(H,17,18). The summed E-state index contributed by atoms with van der Waals surface area (Å²) in [4.78, 5) is 24.1. The molecule has 0 saturated carbocycles. The number of carbonyl (C=O) groups is 2. The molecule has 1 aliphatic rings. The van der Waals surface area contributed by atoms with Crippen molar-refractivity contribution in [3.05, 3.63) is 29.0 Å². The molecule has 0 aliphatic carbocycles. The van der Waals surface area contributed by atoms with Crippen molar-refractivity contribution < 1.29 is 23.8 Å². The fourth-order valence-electron chi connectivity index (χ4n) is 1.76. The predicted octanol–water partition coefficient (Wildman–Crippen LogP) is 1.80. The fraction of sp³-hybridized carbons (Fsp3) is 0.333. The SMILES string of the molecule is O=C(O)C1CN(C(=O)Nc2ccc(F)c(Cl)c2)CCO1. The molecule has 8 heteroatoms. The van der Waals surface area contributed by atoms with Gasteiger partial charge in [-0.3, -0.25) is 0 Å². The molecular formula is C12H12ClFN2O4. The molecule has 1 aliphatic heterocycles. The van der Waals surface area contributed by atoms with E-state index in [4.69, 9.17) is 21.4 Å². The number of carboxylic acids is 1. The van der Waals surface area contributed by atoms with E-state index in [2.05, 4.69) is 5.32 Å². The maximum absolute atomic E-state index is 13.0. The topological polar surface area (TPSA) is 78.9 Å². The van der Waals surface area contributed by atoms with Crippen molar-refractivity contribution in [1.29, 1.82) is 0 Å². The molecule has 0 spiro atoms. The number of halogens is 2. The van der Waals surface area contributed by atoms with E-state index in [1.807, 2.05) is 0 Å². The zero-order chi connectivity index (χ0) is 14.7. The molecule has 1 aromatic carbocycles. The third-order valence-electron chi connectivity index (χ3n) is 2.80. The van der Waals surface area contributed by atoms with Crippen molar-refractivity contribution in [1.82, 2.24) is 4.90 Å². The van der Waals surface area contributed by atoms with Crippen LogP contribution in [0.2, 0.25) is 5.02 Å². The number of rotatable bonds is 2. The van der Waals surface area contributed by atoms with Crippen molar-refractivity contribution in [2.75, 3.05) is 25.0 Å². The number of nitrogens with one attached hydrogen (secondary N) is 1. The highest BCUT2D eigenvalue weighted by molar-refractivity contribution is 6.31. The Balaban J connectivity index is 2.00. The molecule has 108 valence electrons. The Morgan fingerprint density at radius 1 is 1.50 bits per heavy atom. The monoisotopic (exact) mass is 302 g/mol. The van der Waals surface area contributed by atoms with Crippen LogP contribution in [0.5, 0.6) is 0 Å². The summed E-state index contributed by atoms with van der Waals surface area (Å²) in [5.74, 6) is -1.70. The van der Waals surface area contributed by atoms with E-state index >= 15 is 0 Å². The summed E-state index contributed by atoms with van der Waals surface area (Å²) in [6, 6.07) is 3.30. The second-order valence-corrected chi connectivity index (χ2v) is 4.61. The van der Waals surface area contributed by atoms with Gasteiger partial charge >= 0.3 is 12.0 Å². The molecule has 2 N–H and O–H groups in total. The Hall–Kier alpha value is -1.86. The molecule has 2 rings (SSSR count). The van der Waals surface area contributed by atoms with Crippen molar-refractivity contribution in [2.45, 2.75) is 6.10 Å². The number of urea groups is 1. The number of morpholine rings is 1. The summed E-state index contributed by atoms with van der Waals surface area (Å²) < 4.78 is 18.0. The minimum absolute atomic E-state index is 0.0455. The lowest BCUT2D eigenvalue weighted by Gasteiger charge is -2.30. The average Bonchev–Trinajstić information content (AvgIpc) is 2.43. The molecule has 2 amide bonds. The van der Waals surface area contributed by atoms with Gasteiger partial charge < -0.3 is 20.1 Å². The largest absolute Gasteiger partial charge is 0.479 e. The first-order valence-electron chi connectivity index (χ1n) is 5.83. The molecule has 20 heavy (non-hydrogen) atoms. The summed E-state index contributed by atoms with van der Waals surface area (Å²) in [6.07, 6.45) is -1.04. The van der Waals surface area contributed by atoms with E-state index in [1.165, 1.54) is 17.0 Å². The lowest BCUT2D eigenvalue weighted by atomic mass is 10.3. The van der Waals surface area contributed by atoms with Gasteiger partial charge in [-0.05, 0) is 18.2 Å². The predicted molar refractivity (Wildman–Crippen MR) is 69.4 cm³/mol. The number of nitrogens with zero attached hydrogens (tertiary/aromatic N) is 1. The molecule has 1 saturated heterocycles. The highest BCUT2D eigenvalue weighted by atomic mass is 35.5. The summed E-state index contributed by atoms with van der Waals surface area (Å²) >= 11 is 5.61. The lowest BCUT2D eigenvalue weighted by molar-refractivity contribution is -0.154. The van der Waals surface area contributed by atoms with Crippen LogP contribution in [0.1, 0.15) is 0 Å². The van der Waals surface area contributed by atoms with Gasteiger partial charge in [-0.25, -0.2) is 14.0 Å². The van der Waals surface area contributed by atoms with Crippen molar-refractivity contribution >= 4 is 29.3 Å². The fourth-order valence-corrected chi connectivity index (χ4v) is 1.94. The second-order valence-electron chi connectivity index (χ2n) is 4.20. The minimum atomic E-state index is -1.12. The Kier molecular flexibility index (Phi) is 4.41. The van der Waals surface area contributed by atoms with Gasteiger partial charge in [0, 0.05) is 12.2 Å². The summed E-state index contributed by atoms with van der Waals surface area (Å²) in [5.41, 5.74) is 0.333. The molecule has 1 aromatic rings. The number of hydrogen-bond donors (Lipinski definition) is 2. The van der Waals surface area contributed by atoms with Gasteiger partial charge in [0.05, 0.1) is 18.2 Å². The number of benzene rings is 1. The number of carbonyl (C=O) groups excluding carboxylic acids is 1. The molecular weight excluding hydrogens is 291 g/mol. The van der Waals surface area contributed by atoms with Gasteiger partial charge in [-0.1, -0.05) is 11.6 Å². The number of aliphatic carboxylic acids is 1. The van der Waals surface area contributed by atoms with Gasteiger partial charge in [0.25, 0.3) is 0 Å². The van der Waals surface area contributed by atoms with Gasteiger partial charge in [-0.2, -0.15) is 0 Å². The Morgan fingerprint density at radius 3 is 2.90 bits per heavy atom. The summed E-state index contributed by atoms with van der Waals surface area (Å²) in [6.45, 7) is 0.384. The zero-order valence-corrected chi connectivity index (χ0v) is 11.1. The van der Waals surface area contributed by atoms with Crippen LogP contribution in [0.4, 0.5) is 14.9 Å². The number of amides is 2. The Bertz CT molecular complexity index is 540. The number of anilines is 1. The molecule has 1 heterocycles. The van der Waals surface area contributed by atoms with Gasteiger partial charge in [0.1, 0.15) is 5.82 Å². The molecule has 6 nitrogen and oxygen atoms in total. The van der Waals surface area contributed by atoms with Crippen LogP contribution in [0.15, 0.2) is 18.2 Å². The number of carboxylic acid groups (broad SMARTS) is 1. The van der Waals surface area contributed by atoms with Crippen LogP contribution < -0.4 is 5.32 Å². The van der Waals surface area contributed by atoms with E-state index in [-0.39, 0.29) is 24.7 Å². The van der Waals surface area contributed by atoms with Crippen molar-refractivity contribution in [3.8, 4) is 0 Å². The van der Waals surface area contributed by atoms with E-state index in [1.54, 1.807) is 0 Å². The first-order chi connectivity index (χ1) is 9.47. The van der Waals surface area contributed by atoms with E-state index in [0.29, 0.717) is 5.69 Å². The van der Waals surface area contributed by atoms with Gasteiger partial charge in [0.15, 0.2) is 6.10 Å². The molecule has 1 unspecified atom stereocenters. The minimum Gasteiger partial charge on any atom is -0.479 e. The van der Waals surface area contributed by atoms with Crippen LogP contribution in [0.3, 0.4) is 0 Å². The lowest BCUT2D eigenvalue weighted by Crippen LogP contribution is -2.49. The Morgan fingerprint density at radius 2 is 2.25 bits per heavy atom. The normalized spacial score (nSPS) is 18.7. The van der Waals surface area contributed by atoms with Crippen LogP contribution in [0, 0.1) is 5.82 Å². The zero-order valence-electron chi connectivity index (χ0n) is 10.3.